The number of halogens is 3. The maximum absolute atomic E-state index is 13.7. The van der Waals surface area contributed by atoms with E-state index in [1.54, 1.807) is 0 Å². The minimum absolute atomic E-state index is 0.124. The SMILES string of the molecule is OC1(c2cc(F)c(F)cc2F)CC2CCC(C1)O2. The Balaban J connectivity index is 2.01. The Morgan fingerprint density at radius 1 is 1.00 bits per heavy atom. The number of rotatable bonds is 1. The van der Waals surface area contributed by atoms with Crippen molar-refractivity contribution in [2.75, 3.05) is 0 Å². The van der Waals surface area contributed by atoms with Crippen LogP contribution in [0.2, 0.25) is 0 Å². The van der Waals surface area contributed by atoms with Crippen molar-refractivity contribution in [2.45, 2.75) is 43.5 Å². The molecule has 0 aliphatic carbocycles. The van der Waals surface area contributed by atoms with E-state index in [0.717, 1.165) is 18.9 Å². The van der Waals surface area contributed by atoms with Gasteiger partial charge in [-0.1, -0.05) is 0 Å². The predicted molar refractivity (Wildman–Crippen MR) is 57.3 cm³/mol. The molecule has 2 heterocycles. The second kappa shape index (κ2) is 3.96. The third-order valence-corrected chi connectivity index (χ3v) is 3.84. The standard InChI is InChI=1S/C13H13F3O2/c14-10-4-12(16)11(15)3-9(10)13(17)5-7-1-2-8(6-13)18-7/h3-4,7-8,17H,1-2,5-6H2. The summed E-state index contributed by atoms with van der Waals surface area (Å²) in [7, 11) is 0. The molecule has 2 aliphatic heterocycles. The molecule has 2 saturated heterocycles. The first-order valence-corrected chi connectivity index (χ1v) is 6.01. The highest BCUT2D eigenvalue weighted by Crippen LogP contribution is 2.44. The molecule has 0 radical (unpaired) electrons. The molecule has 2 unspecified atom stereocenters. The van der Waals surface area contributed by atoms with Gasteiger partial charge in [0.15, 0.2) is 11.6 Å². The first kappa shape index (κ1) is 12.0. The molecule has 3 rings (SSSR count). The van der Waals surface area contributed by atoms with Crippen LogP contribution in [-0.2, 0) is 10.3 Å². The molecule has 2 fully saturated rings. The summed E-state index contributed by atoms with van der Waals surface area (Å²) in [4.78, 5) is 0. The average molecular weight is 258 g/mol. The van der Waals surface area contributed by atoms with Crippen LogP contribution in [-0.4, -0.2) is 17.3 Å². The molecular formula is C13H13F3O2. The molecule has 2 aliphatic rings. The van der Waals surface area contributed by atoms with Crippen LogP contribution in [0.5, 0.6) is 0 Å². The Morgan fingerprint density at radius 2 is 1.56 bits per heavy atom. The molecule has 2 bridgehead atoms. The molecular weight excluding hydrogens is 245 g/mol. The van der Waals surface area contributed by atoms with Gasteiger partial charge in [0.2, 0.25) is 0 Å². The summed E-state index contributed by atoms with van der Waals surface area (Å²) in [6.45, 7) is 0. The highest BCUT2D eigenvalue weighted by Gasteiger charge is 2.46. The van der Waals surface area contributed by atoms with Crippen LogP contribution in [0.25, 0.3) is 0 Å². The first-order valence-electron chi connectivity index (χ1n) is 6.01. The smallest absolute Gasteiger partial charge is 0.161 e. The Morgan fingerprint density at radius 3 is 2.17 bits per heavy atom. The predicted octanol–water partition coefficient (Wildman–Crippen LogP) is 2.63. The molecule has 5 heteroatoms. The molecule has 2 nitrogen and oxygen atoms in total. The van der Waals surface area contributed by atoms with Crippen LogP contribution in [0, 0.1) is 17.5 Å². The molecule has 0 saturated carbocycles. The van der Waals surface area contributed by atoms with Crippen molar-refractivity contribution < 1.29 is 23.0 Å². The summed E-state index contributed by atoms with van der Waals surface area (Å²) < 4.78 is 45.4. The van der Waals surface area contributed by atoms with E-state index in [1.807, 2.05) is 0 Å². The average Bonchev–Trinajstić information content (AvgIpc) is 2.64. The van der Waals surface area contributed by atoms with Crippen molar-refractivity contribution in [2.24, 2.45) is 0 Å². The van der Waals surface area contributed by atoms with E-state index in [-0.39, 0.29) is 30.6 Å². The van der Waals surface area contributed by atoms with E-state index in [2.05, 4.69) is 0 Å². The summed E-state index contributed by atoms with van der Waals surface area (Å²) in [6.07, 6.45) is 1.84. The Hall–Kier alpha value is -1.07. The van der Waals surface area contributed by atoms with Crippen LogP contribution < -0.4 is 0 Å². The highest BCUT2D eigenvalue weighted by atomic mass is 19.2. The fourth-order valence-electron chi connectivity index (χ4n) is 3.02. The number of aliphatic hydroxyl groups is 1. The second-order valence-corrected chi connectivity index (χ2v) is 5.14. The van der Waals surface area contributed by atoms with Crippen LogP contribution >= 0.6 is 0 Å². The minimum atomic E-state index is -1.46. The van der Waals surface area contributed by atoms with E-state index in [4.69, 9.17) is 4.74 Å². The molecule has 0 aromatic heterocycles. The van der Waals surface area contributed by atoms with Crippen molar-refractivity contribution in [1.82, 2.24) is 0 Å². The fraction of sp³-hybridized carbons (Fsp3) is 0.538. The second-order valence-electron chi connectivity index (χ2n) is 5.14. The normalized spacial score (nSPS) is 34.9. The number of fused-ring (bicyclic) bond motifs is 2. The third-order valence-electron chi connectivity index (χ3n) is 3.84. The van der Waals surface area contributed by atoms with Gasteiger partial charge in [-0.25, -0.2) is 13.2 Å². The Kier molecular flexibility index (Phi) is 2.64. The Bertz CT molecular complexity index is 477. The lowest BCUT2D eigenvalue weighted by Gasteiger charge is -2.37. The lowest BCUT2D eigenvalue weighted by atomic mass is 9.83. The van der Waals surface area contributed by atoms with E-state index in [0.29, 0.717) is 6.07 Å². The highest BCUT2D eigenvalue weighted by molar-refractivity contribution is 5.27. The third kappa shape index (κ3) is 1.82. The molecule has 18 heavy (non-hydrogen) atoms. The van der Waals surface area contributed by atoms with Gasteiger partial charge in [0.1, 0.15) is 5.82 Å². The van der Waals surface area contributed by atoms with Crippen LogP contribution in [0.15, 0.2) is 12.1 Å². The van der Waals surface area contributed by atoms with E-state index < -0.39 is 23.1 Å². The van der Waals surface area contributed by atoms with Crippen molar-refractivity contribution in [1.29, 1.82) is 0 Å². The van der Waals surface area contributed by atoms with E-state index in [9.17, 15) is 18.3 Å². The van der Waals surface area contributed by atoms with Gasteiger partial charge in [-0.3, -0.25) is 0 Å². The minimum Gasteiger partial charge on any atom is -0.385 e. The largest absolute Gasteiger partial charge is 0.385 e. The lowest BCUT2D eigenvalue weighted by molar-refractivity contribution is -0.117. The summed E-state index contributed by atoms with van der Waals surface area (Å²) in [5.74, 6) is -3.29. The number of hydrogen-bond donors (Lipinski definition) is 1. The van der Waals surface area contributed by atoms with Crippen LogP contribution in [0.4, 0.5) is 13.2 Å². The van der Waals surface area contributed by atoms with Gasteiger partial charge >= 0.3 is 0 Å². The van der Waals surface area contributed by atoms with Gasteiger partial charge < -0.3 is 9.84 Å². The molecule has 2 atom stereocenters. The molecule has 0 amide bonds. The summed E-state index contributed by atoms with van der Waals surface area (Å²) in [5.41, 5.74) is -1.62. The maximum atomic E-state index is 13.7. The molecule has 98 valence electrons. The summed E-state index contributed by atoms with van der Waals surface area (Å²) in [6, 6.07) is 1.25. The maximum Gasteiger partial charge on any atom is 0.161 e. The Labute approximate surface area is 102 Å². The van der Waals surface area contributed by atoms with Crippen LogP contribution in [0.3, 0.4) is 0 Å². The van der Waals surface area contributed by atoms with E-state index >= 15 is 0 Å². The number of hydrogen-bond acceptors (Lipinski definition) is 2. The van der Waals surface area contributed by atoms with Crippen LogP contribution in [0.1, 0.15) is 31.2 Å². The summed E-state index contributed by atoms with van der Waals surface area (Å²) >= 11 is 0. The molecule has 1 aromatic carbocycles. The zero-order chi connectivity index (χ0) is 12.9. The van der Waals surface area contributed by atoms with Crippen molar-refractivity contribution in [3.63, 3.8) is 0 Å². The molecule has 1 aromatic rings. The van der Waals surface area contributed by atoms with Crippen molar-refractivity contribution >= 4 is 0 Å². The topological polar surface area (TPSA) is 29.5 Å². The zero-order valence-electron chi connectivity index (χ0n) is 9.63. The molecule has 1 N–H and O–H groups in total. The van der Waals surface area contributed by atoms with Gasteiger partial charge in [-0.05, 0) is 18.9 Å². The number of benzene rings is 1. The quantitative estimate of drug-likeness (QED) is 0.785. The zero-order valence-corrected chi connectivity index (χ0v) is 9.63. The monoisotopic (exact) mass is 258 g/mol. The van der Waals surface area contributed by atoms with Gasteiger partial charge in [-0.15, -0.1) is 0 Å². The van der Waals surface area contributed by atoms with Gasteiger partial charge in [-0.2, -0.15) is 0 Å². The van der Waals surface area contributed by atoms with Gasteiger partial charge in [0.25, 0.3) is 0 Å². The lowest BCUT2D eigenvalue weighted by Crippen LogP contribution is -2.39. The summed E-state index contributed by atoms with van der Waals surface area (Å²) in [5, 5.41) is 10.5. The van der Waals surface area contributed by atoms with Crippen molar-refractivity contribution in [3.05, 3.63) is 35.1 Å². The molecule has 0 spiro atoms. The first-order chi connectivity index (χ1) is 8.48. The van der Waals surface area contributed by atoms with E-state index in [1.165, 1.54) is 0 Å². The fourth-order valence-corrected chi connectivity index (χ4v) is 3.02. The van der Waals surface area contributed by atoms with Gasteiger partial charge in [0, 0.05) is 24.5 Å². The number of ether oxygens (including phenoxy) is 1. The van der Waals surface area contributed by atoms with Gasteiger partial charge in [0.05, 0.1) is 17.8 Å². The van der Waals surface area contributed by atoms with Crippen molar-refractivity contribution in [3.8, 4) is 0 Å².